The van der Waals surface area contributed by atoms with E-state index in [2.05, 4.69) is 0 Å². The van der Waals surface area contributed by atoms with Gasteiger partial charge in [0.05, 0.1) is 24.7 Å². The van der Waals surface area contributed by atoms with Crippen molar-refractivity contribution in [1.29, 1.82) is 0 Å². The van der Waals surface area contributed by atoms with E-state index in [0.717, 1.165) is 5.56 Å². The highest BCUT2D eigenvalue weighted by Crippen LogP contribution is 2.58. The number of rotatable bonds is 9. The van der Waals surface area contributed by atoms with Crippen LogP contribution < -0.4 is 0 Å². The molecule has 0 radical (unpaired) electrons. The Hall–Kier alpha value is -0.800. The van der Waals surface area contributed by atoms with E-state index in [9.17, 15) is 13.0 Å². The molecule has 1 aliphatic rings. The zero-order valence-corrected chi connectivity index (χ0v) is 17.9. The summed E-state index contributed by atoms with van der Waals surface area (Å²) in [5, 5.41) is 0. The molecule has 0 spiro atoms. The van der Waals surface area contributed by atoms with Gasteiger partial charge in [-0.25, -0.2) is 0 Å². The van der Waals surface area contributed by atoms with Crippen LogP contribution in [0.25, 0.3) is 0 Å². The van der Waals surface area contributed by atoms with Crippen molar-refractivity contribution in [1.82, 2.24) is 0 Å². The maximum Gasteiger partial charge on any atom is 0.362 e. The van der Waals surface area contributed by atoms with Crippen molar-refractivity contribution in [2.24, 2.45) is 0 Å². The maximum atomic E-state index is 13.1. The van der Waals surface area contributed by atoms with E-state index in [-0.39, 0.29) is 24.7 Å². The minimum Gasteiger partial charge on any atom is -0.341 e. The first-order valence-electron chi connectivity index (χ1n) is 8.73. The molecule has 1 heterocycles. The molecule has 0 bridgehead atoms. The number of hydrogen-bond donors (Lipinski definition) is 0. The summed E-state index contributed by atoms with van der Waals surface area (Å²) in [5.41, 5.74) is 0.928. The highest BCUT2D eigenvalue weighted by molar-refractivity contribution is 7.86. The van der Waals surface area contributed by atoms with Crippen LogP contribution in [0, 0.1) is 6.92 Å². The molecule has 1 aromatic rings. The normalized spacial score (nSPS) is 22.9. The summed E-state index contributed by atoms with van der Waals surface area (Å²) in [6.45, 7) is 8.40. The third kappa shape index (κ3) is 5.60. The molecule has 10 heteroatoms. The van der Waals surface area contributed by atoms with E-state index < -0.39 is 35.5 Å². The largest absolute Gasteiger partial charge is 0.362 e. The van der Waals surface area contributed by atoms with Crippen LogP contribution in [0.5, 0.6) is 0 Å². The van der Waals surface area contributed by atoms with Gasteiger partial charge < -0.3 is 18.5 Å². The molecule has 0 amide bonds. The van der Waals surface area contributed by atoms with Gasteiger partial charge in [-0.2, -0.15) is 8.42 Å². The van der Waals surface area contributed by atoms with Crippen LogP contribution >= 0.6 is 7.60 Å². The van der Waals surface area contributed by atoms with Crippen LogP contribution in [-0.4, -0.2) is 46.0 Å². The monoisotopic (exact) mass is 422 g/mol. The Morgan fingerprint density at radius 3 is 2.15 bits per heavy atom. The van der Waals surface area contributed by atoms with Gasteiger partial charge in [0, 0.05) is 0 Å². The van der Waals surface area contributed by atoms with E-state index in [1.54, 1.807) is 39.8 Å². The molecular formula is C17H27O8PS. The average Bonchev–Trinajstić information content (AvgIpc) is 2.90. The first kappa shape index (κ1) is 22.5. The van der Waals surface area contributed by atoms with E-state index >= 15 is 0 Å². The first-order chi connectivity index (χ1) is 12.5. The molecule has 2 atom stereocenters. The van der Waals surface area contributed by atoms with Crippen LogP contribution in [0.4, 0.5) is 0 Å². The van der Waals surface area contributed by atoms with E-state index in [1.165, 1.54) is 12.1 Å². The summed E-state index contributed by atoms with van der Waals surface area (Å²) >= 11 is 0. The molecule has 1 saturated heterocycles. The number of hydrogen-bond acceptors (Lipinski definition) is 8. The molecule has 1 fully saturated rings. The minimum atomic E-state index is -4.00. The van der Waals surface area contributed by atoms with Crippen LogP contribution in [0.2, 0.25) is 0 Å². The Morgan fingerprint density at radius 1 is 1.07 bits per heavy atom. The lowest BCUT2D eigenvalue weighted by molar-refractivity contribution is -0.144. The van der Waals surface area contributed by atoms with Crippen molar-refractivity contribution in [2.75, 3.05) is 19.8 Å². The molecule has 27 heavy (non-hydrogen) atoms. The number of aryl methyl sites for hydroxylation is 1. The molecular weight excluding hydrogens is 395 g/mol. The predicted octanol–water partition coefficient (Wildman–Crippen LogP) is 3.44. The third-order valence-corrected chi connectivity index (χ3v) is 7.38. The summed E-state index contributed by atoms with van der Waals surface area (Å²) in [5.74, 6) is -2.18. The van der Waals surface area contributed by atoms with Gasteiger partial charge in [0.2, 0.25) is 0 Å². The van der Waals surface area contributed by atoms with Gasteiger partial charge in [-0.1, -0.05) is 17.7 Å². The van der Waals surface area contributed by atoms with Crippen LogP contribution in [0.3, 0.4) is 0 Å². The Labute approximate surface area is 160 Å². The summed E-state index contributed by atoms with van der Waals surface area (Å²) in [6.07, 6.45) is -0.941. The van der Waals surface area contributed by atoms with Crippen molar-refractivity contribution in [3.05, 3.63) is 29.8 Å². The molecule has 1 aliphatic heterocycles. The fourth-order valence-electron chi connectivity index (χ4n) is 2.68. The summed E-state index contributed by atoms with van der Waals surface area (Å²) in [4.78, 5) is 0.0284. The van der Waals surface area contributed by atoms with E-state index in [1.807, 2.05) is 6.92 Å². The van der Waals surface area contributed by atoms with Crippen molar-refractivity contribution >= 4 is 17.7 Å². The average molecular weight is 422 g/mol. The SMILES string of the molecule is CCOP(=O)(OCC)[C@@H]1OC(C)(C)O[C@@H]1COS(=O)(=O)c1ccc(C)cc1. The van der Waals surface area contributed by atoms with Crippen molar-refractivity contribution < 1.29 is 35.7 Å². The Balaban J connectivity index is 2.19. The van der Waals surface area contributed by atoms with Gasteiger partial charge in [-0.05, 0) is 46.8 Å². The quantitative estimate of drug-likeness (QED) is 0.441. The molecule has 2 rings (SSSR count). The molecule has 0 saturated carbocycles. The Bertz CT molecular complexity index is 765. The zero-order valence-electron chi connectivity index (χ0n) is 16.2. The van der Waals surface area contributed by atoms with Crippen LogP contribution in [0.15, 0.2) is 29.2 Å². The molecule has 0 N–H and O–H groups in total. The van der Waals surface area contributed by atoms with Gasteiger partial charge >= 0.3 is 7.60 Å². The van der Waals surface area contributed by atoms with Gasteiger partial charge in [-0.15, -0.1) is 0 Å². The maximum absolute atomic E-state index is 13.1. The lowest BCUT2D eigenvalue weighted by Gasteiger charge is -2.25. The molecule has 8 nitrogen and oxygen atoms in total. The van der Waals surface area contributed by atoms with Crippen LogP contribution in [0.1, 0.15) is 33.3 Å². The van der Waals surface area contributed by atoms with Gasteiger partial charge in [-0.3, -0.25) is 8.75 Å². The number of ether oxygens (including phenoxy) is 2. The highest BCUT2D eigenvalue weighted by atomic mass is 32.2. The number of benzene rings is 1. The summed E-state index contributed by atoms with van der Waals surface area (Å²) in [6, 6.07) is 6.28. The zero-order chi connectivity index (χ0) is 20.3. The lowest BCUT2D eigenvalue weighted by Crippen LogP contribution is -2.30. The Kier molecular flexibility index (Phi) is 7.24. The molecule has 1 aromatic carbocycles. The molecule has 0 aromatic heterocycles. The predicted molar refractivity (Wildman–Crippen MR) is 99.0 cm³/mol. The minimum absolute atomic E-state index is 0.0284. The van der Waals surface area contributed by atoms with Gasteiger partial charge in [0.15, 0.2) is 11.6 Å². The second-order valence-corrected chi connectivity index (χ2v) is 10.2. The van der Waals surface area contributed by atoms with Gasteiger partial charge in [0.1, 0.15) is 6.10 Å². The highest BCUT2D eigenvalue weighted by Gasteiger charge is 2.53. The standard InChI is InChI=1S/C17H27O8PS/c1-6-21-26(18,22-7-2)16-15(24-17(4,5)25-16)12-23-27(19,20)14-10-8-13(3)9-11-14/h8-11,15-16H,6-7,12H2,1-5H3/t15-,16+/m1/s1. The second-order valence-electron chi connectivity index (χ2n) is 6.49. The first-order valence-corrected chi connectivity index (χ1v) is 11.8. The van der Waals surface area contributed by atoms with Crippen molar-refractivity contribution in [3.63, 3.8) is 0 Å². The third-order valence-electron chi connectivity index (χ3n) is 3.78. The molecule has 0 aliphatic carbocycles. The fourth-order valence-corrected chi connectivity index (χ4v) is 5.62. The summed E-state index contributed by atoms with van der Waals surface area (Å²) in [7, 11) is -7.69. The lowest BCUT2D eigenvalue weighted by atomic mass is 10.2. The molecule has 154 valence electrons. The Morgan fingerprint density at radius 2 is 1.63 bits per heavy atom. The van der Waals surface area contributed by atoms with Gasteiger partial charge in [0.25, 0.3) is 10.1 Å². The second kappa shape index (κ2) is 8.69. The fraction of sp³-hybridized carbons (Fsp3) is 0.647. The van der Waals surface area contributed by atoms with Crippen molar-refractivity contribution in [3.8, 4) is 0 Å². The van der Waals surface area contributed by atoms with Crippen LogP contribution in [-0.2, 0) is 37.4 Å². The smallest absolute Gasteiger partial charge is 0.341 e. The van der Waals surface area contributed by atoms with E-state index in [0.29, 0.717) is 0 Å². The van der Waals surface area contributed by atoms with E-state index in [4.69, 9.17) is 22.7 Å². The topological polar surface area (TPSA) is 97.4 Å². The summed E-state index contributed by atoms with van der Waals surface area (Å²) < 4.78 is 65.2. The van der Waals surface area contributed by atoms with Crippen molar-refractivity contribution in [2.45, 2.75) is 57.3 Å². The molecule has 0 unspecified atom stereocenters.